The fourth-order valence-corrected chi connectivity index (χ4v) is 1.67. The molecule has 1 aromatic rings. The van der Waals surface area contributed by atoms with Crippen LogP contribution in [0.3, 0.4) is 0 Å². The maximum atomic E-state index is 12.0. The summed E-state index contributed by atoms with van der Waals surface area (Å²) in [6, 6.07) is 4.83. The van der Waals surface area contributed by atoms with Gasteiger partial charge in [-0.1, -0.05) is 13.0 Å². The van der Waals surface area contributed by atoms with Crippen molar-refractivity contribution >= 4 is 17.7 Å². The number of phenolic OH excluding ortho intramolecular Hbond substituents is 1. The van der Waals surface area contributed by atoms with Crippen molar-refractivity contribution in [3.63, 3.8) is 0 Å². The van der Waals surface area contributed by atoms with Crippen molar-refractivity contribution in [3.05, 3.63) is 24.3 Å². The van der Waals surface area contributed by atoms with Crippen molar-refractivity contribution in [1.29, 1.82) is 0 Å². The third-order valence-electron chi connectivity index (χ3n) is 2.71. The number of phenols is 1. The number of hydrogen-bond acceptors (Lipinski definition) is 3. The van der Waals surface area contributed by atoms with Gasteiger partial charge >= 0.3 is 12.0 Å². The second-order valence-corrected chi connectivity index (χ2v) is 4.01. The van der Waals surface area contributed by atoms with Gasteiger partial charge in [-0.2, -0.15) is 0 Å². The zero-order valence-corrected chi connectivity index (χ0v) is 11.0. The summed E-state index contributed by atoms with van der Waals surface area (Å²) in [7, 11) is 0. The lowest BCUT2D eigenvalue weighted by Crippen LogP contribution is -2.47. The lowest BCUT2D eigenvalue weighted by atomic mass is 10.2. The number of amides is 2. The molecule has 0 bridgehead atoms. The van der Waals surface area contributed by atoms with E-state index in [2.05, 4.69) is 5.32 Å². The highest BCUT2D eigenvalue weighted by atomic mass is 16.4. The lowest BCUT2D eigenvalue weighted by molar-refractivity contribution is -0.139. The topological polar surface area (TPSA) is 89.9 Å². The number of nitrogens with zero attached hydrogens (tertiary/aromatic N) is 1. The number of aromatic hydroxyl groups is 1. The highest BCUT2D eigenvalue weighted by molar-refractivity contribution is 5.94. The summed E-state index contributed by atoms with van der Waals surface area (Å²) in [5.41, 5.74) is 0.514. The molecular weight excluding hydrogens is 248 g/mol. The highest BCUT2D eigenvalue weighted by Gasteiger charge is 2.21. The first-order chi connectivity index (χ1) is 8.99. The molecule has 19 heavy (non-hydrogen) atoms. The summed E-state index contributed by atoms with van der Waals surface area (Å²) >= 11 is 0. The zero-order valence-electron chi connectivity index (χ0n) is 11.0. The van der Waals surface area contributed by atoms with Crippen molar-refractivity contribution in [2.75, 3.05) is 11.4 Å². The number of urea groups is 1. The lowest BCUT2D eigenvalue weighted by Gasteiger charge is -2.23. The third kappa shape index (κ3) is 3.87. The standard InChI is InChI=1S/C13H18N2O4/c1-3-11(12(17)18)14-13(19)15(4-2)9-6-5-7-10(16)8-9/h5-8,11,16H,3-4H2,1-2H3,(H,14,19)(H,17,18)/t11-/m1/s1. The Morgan fingerprint density at radius 2 is 2.05 bits per heavy atom. The van der Waals surface area contributed by atoms with Gasteiger partial charge in [0.2, 0.25) is 0 Å². The third-order valence-corrected chi connectivity index (χ3v) is 2.71. The van der Waals surface area contributed by atoms with Gasteiger partial charge in [0.15, 0.2) is 0 Å². The Balaban J connectivity index is 2.85. The summed E-state index contributed by atoms with van der Waals surface area (Å²) in [5, 5.41) is 20.8. The molecule has 0 saturated carbocycles. The monoisotopic (exact) mass is 266 g/mol. The van der Waals surface area contributed by atoms with Gasteiger partial charge in [0, 0.05) is 18.3 Å². The molecule has 0 radical (unpaired) electrons. The molecule has 0 spiro atoms. The number of hydrogen-bond donors (Lipinski definition) is 3. The summed E-state index contributed by atoms with van der Waals surface area (Å²) in [4.78, 5) is 24.3. The Labute approximate surface area is 111 Å². The van der Waals surface area contributed by atoms with Gasteiger partial charge in [-0.25, -0.2) is 9.59 Å². The molecule has 0 unspecified atom stereocenters. The van der Waals surface area contributed by atoms with E-state index in [1.807, 2.05) is 0 Å². The summed E-state index contributed by atoms with van der Waals surface area (Å²) in [5.74, 6) is -1.02. The van der Waals surface area contributed by atoms with Gasteiger partial charge in [-0.3, -0.25) is 4.90 Å². The van der Waals surface area contributed by atoms with Crippen LogP contribution in [0.15, 0.2) is 24.3 Å². The molecule has 104 valence electrons. The van der Waals surface area contributed by atoms with Gasteiger partial charge in [0.25, 0.3) is 0 Å². The Morgan fingerprint density at radius 3 is 2.53 bits per heavy atom. The molecule has 0 aliphatic heterocycles. The zero-order chi connectivity index (χ0) is 14.4. The Bertz CT molecular complexity index is 462. The first kappa shape index (κ1) is 14.8. The Morgan fingerprint density at radius 1 is 1.37 bits per heavy atom. The second kappa shape index (κ2) is 6.63. The fourth-order valence-electron chi connectivity index (χ4n) is 1.67. The number of anilines is 1. The molecule has 0 aromatic heterocycles. The SMILES string of the molecule is CC[C@@H](NC(=O)N(CC)c1cccc(O)c1)C(=O)O. The van der Waals surface area contributed by atoms with Crippen LogP contribution in [0.1, 0.15) is 20.3 Å². The number of benzene rings is 1. The quantitative estimate of drug-likeness (QED) is 0.758. The fraction of sp³-hybridized carbons (Fsp3) is 0.385. The molecule has 2 amide bonds. The van der Waals surface area contributed by atoms with E-state index in [4.69, 9.17) is 5.11 Å². The average molecular weight is 266 g/mol. The van der Waals surface area contributed by atoms with E-state index in [1.165, 1.54) is 17.0 Å². The van der Waals surface area contributed by atoms with E-state index in [1.54, 1.807) is 26.0 Å². The van der Waals surface area contributed by atoms with Gasteiger partial charge in [0.05, 0.1) is 0 Å². The van der Waals surface area contributed by atoms with E-state index >= 15 is 0 Å². The molecule has 3 N–H and O–H groups in total. The number of carboxylic acid groups (broad SMARTS) is 1. The Kier molecular flexibility index (Phi) is 5.17. The number of carboxylic acids is 1. The highest BCUT2D eigenvalue weighted by Crippen LogP contribution is 2.20. The number of carbonyl (C=O) groups excluding carboxylic acids is 1. The number of nitrogens with one attached hydrogen (secondary N) is 1. The molecule has 0 aliphatic rings. The molecule has 1 aromatic carbocycles. The van der Waals surface area contributed by atoms with Gasteiger partial charge in [0.1, 0.15) is 11.8 Å². The molecule has 0 fully saturated rings. The summed E-state index contributed by atoms with van der Waals surface area (Å²) < 4.78 is 0. The summed E-state index contributed by atoms with van der Waals surface area (Å²) in [6.07, 6.45) is 0.304. The minimum atomic E-state index is -1.07. The minimum absolute atomic E-state index is 0.0500. The first-order valence-electron chi connectivity index (χ1n) is 6.09. The van der Waals surface area contributed by atoms with Crippen molar-refractivity contribution in [2.24, 2.45) is 0 Å². The molecular formula is C13H18N2O4. The van der Waals surface area contributed by atoms with E-state index in [0.29, 0.717) is 18.7 Å². The molecule has 1 rings (SSSR count). The molecule has 0 heterocycles. The molecule has 0 aliphatic carbocycles. The predicted molar refractivity (Wildman–Crippen MR) is 71.4 cm³/mol. The van der Waals surface area contributed by atoms with Crippen LogP contribution in [-0.4, -0.2) is 34.8 Å². The second-order valence-electron chi connectivity index (χ2n) is 4.01. The van der Waals surface area contributed by atoms with Crippen molar-refractivity contribution < 1.29 is 19.8 Å². The van der Waals surface area contributed by atoms with Crippen LogP contribution in [0.25, 0.3) is 0 Å². The van der Waals surface area contributed by atoms with Crippen molar-refractivity contribution in [2.45, 2.75) is 26.3 Å². The number of rotatable bonds is 5. The largest absolute Gasteiger partial charge is 0.508 e. The van der Waals surface area contributed by atoms with Crippen molar-refractivity contribution in [1.82, 2.24) is 5.32 Å². The number of aliphatic carboxylic acids is 1. The predicted octanol–water partition coefficient (Wildman–Crippen LogP) is 1.79. The summed E-state index contributed by atoms with van der Waals surface area (Å²) in [6.45, 7) is 3.82. The average Bonchev–Trinajstić information content (AvgIpc) is 2.36. The smallest absolute Gasteiger partial charge is 0.326 e. The minimum Gasteiger partial charge on any atom is -0.508 e. The molecule has 0 saturated heterocycles. The van der Waals surface area contributed by atoms with Gasteiger partial charge in [-0.05, 0) is 25.5 Å². The van der Waals surface area contributed by atoms with Crippen LogP contribution in [-0.2, 0) is 4.79 Å². The van der Waals surface area contributed by atoms with E-state index in [9.17, 15) is 14.7 Å². The molecule has 1 atom stereocenters. The van der Waals surface area contributed by atoms with E-state index in [0.717, 1.165) is 0 Å². The van der Waals surface area contributed by atoms with Gasteiger partial charge < -0.3 is 15.5 Å². The van der Waals surface area contributed by atoms with Crippen LogP contribution in [0, 0.1) is 0 Å². The number of carbonyl (C=O) groups is 2. The molecule has 6 heteroatoms. The van der Waals surface area contributed by atoms with Crippen LogP contribution in [0.2, 0.25) is 0 Å². The van der Waals surface area contributed by atoms with Crippen LogP contribution >= 0.6 is 0 Å². The van der Waals surface area contributed by atoms with E-state index < -0.39 is 18.0 Å². The van der Waals surface area contributed by atoms with Crippen molar-refractivity contribution in [3.8, 4) is 5.75 Å². The van der Waals surface area contributed by atoms with Crippen LogP contribution in [0.4, 0.5) is 10.5 Å². The van der Waals surface area contributed by atoms with Crippen LogP contribution in [0.5, 0.6) is 5.75 Å². The maximum Gasteiger partial charge on any atom is 0.326 e. The normalized spacial score (nSPS) is 11.7. The van der Waals surface area contributed by atoms with Crippen LogP contribution < -0.4 is 10.2 Å². The van der Waals surface area contributed by atoms with Gasteiger partial charge in [-0.15, -0.1) is 0 Å². The Hall–Kier alpha value is -2.24. The maximum absolute atomic E-state index is 12.0. The molecule has 6 nitrogen and oxygen atoms in total. The first-order valence-corrected chi connectivity index (χ1v) is 6.09. The van der Waals surface area contributed by atoms with E-state index in [-0.39, 0.29) is 5.75 Å².